The van der Waals surface area contributed by atoms with Crippen LogP contribution in [0, 0.1) is 0 Å². The molecule has 0 aliphatic carbocycles. The van der Waals surface area contributed by atoms with E-state index in [-0.39, 0.29) is 23.9 Å². The van der Waals surface area contributed by atoms with Crippen LogP contribution in [0.4, 0.5) is 0 Å². The van der Waals surface area contributed by atoms with E-state index in [1.165, 1.54) is 0 Å². The molecule has 1 fully saturated rings. The molecule has 7 heteroatoms. The summed E-state index contributed by atoms with van der Waals surface area (Å²) in [5, 5.41) is 7.46. The number of aromatic nitrogens is 2. The van der Waals surface area contributed by atoms with Crippen molar-refractivity contribution in [1.82, 2.24) is 15.1 Å². The minimum Gasteiger partial charge on any atom is -0.452 e. The lowest BCUT2D eigenvalue weighted by atomic mass is 9.99. The van der Waals surface area contributed by atoms with Gasteiger partial charge in [-0.1, -0.05) is 25.1 Å². The summed E-state index contributed by atoms with van der Waals surface area (Å²) in [6, 6.07) is 7.18. The Morgan fingerprint density at radius 2 is 2.04 bits per heavy atom. The molecule has 1 aliphatic rings. The van der Waals surface area contributed by atoms with Gasteiger partial charge in [0.2, 0.25) is 0 Å². The van der Waals surface area contributed by atoms with Crippen LogP contribution in [0.2, 0.25) is 0 Å². The van der Waals surface area contributed by atoms with Crippen molar-refractivity contribution in [3.8, 4) is 0 Å². The van der Waals surface area contributed by atoms with Gasteiger partial charge in [-0.3, -0.25) is 14.4 Å². The molecule has 2 heterocycles. The summed E-state index contributed by atoms with van der Waals surface area (Å²) in [7, 11) is 0. The average molecular weight is 371 g/mol. The molecule has 2 aromatic rings. The average Bonchev–Trinajstić information content (AvgIpc) is 2.69. The number of ether oxygens (including phenoxy) is 1. The number of amides is 1. The summed E-state index contributed by atoms with van der Waals surface area (Å²) in [5.74, 6) is -0.681. The molecular weight excluding hydrogens is 346 g/mol. The van der Waals surface area contributed by atoms with Crippen molar-refractivity contribution < 1.29 is 14.3 Å². The Morgan fingerprint density at radius 3 is 2.78 bits per heavy atom. The number of rotatable bonds is 5. The van der Waals surface area contributed by atoms with Crippen LogP contribution in [0.15, 0.2) is 29.1 Å². The van der Waals surface area contributed by atoms with Gasteiger partial charge in [0.1, 0.15) is 0 Å². The van der Waals surface area contributed by atoms with Crippen molar-refractivity contribution >= 4 is 22.6 Å². The summed E-state index contributed by atoms with van der Waals surface area (Å²) < 4.78 is 5.38. The van der Waals surface area contributed by atoms with E-state index < -0.39 is 12.1 Å². The van der Waals surface area contributed by atoms with Crippen LogP contribution < -0.4 is 5.56 Å². The number of fused-ring (bicyclic) bond motifs is 1. The fraction of sp³-hybridized carbons (Fsp3) is 0.500. The number of nitrogens with zero attached hydrogens (tertiary/aromatic N) is 2. The van der Waals surface area contributed by atoms with E-state index in [1.807, 2.05) is 4.90 Å². The van der Waals surface area contributed by atoms with Crippen molar-refractivity contribution in [2.24, 2.45) is 0 Å². The lowest BCUT2D eigenvalue weighted by molar-refractivity contribution is -0.160. The molecule has 0 radical (unpaired) electrons. The molecule has 1 aromatic heterocycles. The van der Waals surface area contributed by atoms with Gasteiger partial charge < -0.3 is 9.64 Å². The molecule has 1 aromatic carbocycles. The number of carbonyl (C=O) groups excluding carboxylic acids is 2. The molecular formula is C20H25N3O4. The number of aromatic amines is 1. The third kappa shape index (κ3) is 4.18. The normalized spacial score (nSPS) is 18.3. The molecule has 7 nitrogen and oxygen atoms in total. The summed E-state index contributed by atoms with van der Waals surface area (Å²) in [5.41, 5.74) is 0.126. The molecule has 1 amide bonds. The quantitative estimate of drug-likeness (QED) is 0.814. The highest BCUT2D eigenvalue weighted by Gasteiger charge is 2.30. The van der Waals surface area contributed by atoms with E-state index in [0.29, 0.717) is 23.0 Å². The standard InChI is InChI=1S/C20H25N3O4/c1-3-14-8-6-7-11-23(14)20(26)13(2)27-18(24)12-17-15-9-4-5-10-16(15)19(25)22-21-17/h4-5,9-10,13-14H,3,6-8,11-12H2,1-2H3,(H,22,25). The first-order valence-electron chi connectivity index (χ1n) is 9.47. The predicted octanol–water partition coefficient (Wildman–Crippen LogP) is 2.19. The zero-order chi connectivity index (χ0) is 19.4. The van der Waals surface area contributed by atoms with Gasteiger partial charge in [-0.25, -0.2) is 5.10 Å². The largest absolute Gasteiger partial charge is 0.452 e. The Bertz CT molecular complexity index is 892. The summed E-state index contributed by atoms with van der Waals surface area (Å²) >= 11 is 0. The maximum absolute atomic E-state index is 12.7. The molecule has 3 rings (SSSR count). The number of hydrogen-bond acceptors (Lipinski definition) is 5. The summed E-state index contributed by atoms with van der Waals surface area (Å²) in [6.45, 7) is 4.39. The zero-order valence-electron chi connectivity index (χ0n) is 15.7. The fourth-order valence-corrected chi connectivity index (χ4v) is 3.68. The van der Waals surface area contributed by atoms with Crippen LogP contribution in [0.5, 0.6) is 0 Å². The zero-order valence-corrected chi connectivity index (χ0v) is 15.7. The van der Waals surface area contributed by atoms with Crippen molar-refractivity contribution in [2.75, 3.05) is 6.54 Å². The van der Waals surface area contributed by atoms with E-state index >= 15 is 0 Å². The van der Waals surface area contributed by atoms with Gasteiger partial charge in [-0.05, 0) is 38.7 Å². The van der Waals surface area contributed by atoms with Gasteiger partial charge in [0, 0.05) is 18.0 Å². The Labute approximate surface area is 157 Å². The van der Waals surface area contributed by atoms with Crippen LogP contribution >= 0.6 is 0 Å². The molecule has 1 aliphatic heterocycles. The van der Waals surface area contributed by atoms with Gasteiger partial charge >= 0.3 is 5.97 Å². The number of H-pyrrole nitrogens is 1. The Morgan fingerprint density at radius 1 is 1.30 bits per heavy atom. The van der Waals surface area contributed by atoms with E-state index in [2.05, 4.69) is 17.1 Å². The van der Waals surface area contributed by atoms with E-state index in [9.17, 15) is 14.4 Å². The summed E-state index contributed by atoms with van der Waals surface area (Å²) in [6.07, 6.45) is 3.07. The number of nitrogens with one attached hydrogen (secondary N) is 1. The lowest BCUT2D eigenvalue weighted by Crippen LogP contribution is -2.48. The topological polar surface area (TPSA) is 92.4 Å². The maximum atomic E-state index is 12.7. The minimum absolute atomic E-state index is 0.105. The predicted molar refractivity (Wildman–Crippen MR) is 101 cm³/mol. The monoisotopic (exact) mass is 371 g/mol. The molecule has 0 saturated carbocycles. The summed E-state index contributed by atoms with van der Waals surface area (Å²) in [4.78, 5) is 38.7. The number of benzene rings is 1. The molecule has 0 spiro atoms. The second-order valence-electron chi connectivity index (χ2n) is 6.94. The van der Waals surface area contributed by atoms with Gasteiger partial charge in [0.05, 0.1) is 17.5 Å². The fourth-order valence-electron chi connectivity index (χ4n) is 3.68. The van der Waals surface area contributed by atoms with E-state index in [0.717, 1.165) is 25.7 Å². The number of carbonyl (C=O) groups is 2. The van der Waals surface area contributed by atoms with Crippen LogP contribution in [0.1, 0.15) is 45.2 Å². The van der Waals surface area contributed by atoms with E-state index in [1.54, 1.807) is 31.2 Å². The highest BCUT2D eigenvalue weighted by Crippen LogP contribution is 2.21. The number of piperidine rings is 1. The van der Waals surface area contributed by atoms with Crippen LogP contribution in [0.3, 0.4) is 0 Å². The first-order chi connectivity index (χ1) is 13.0. The van der Waals surface area contributed by atoms with Gasteiger partial charge in [-0.2, -0.15) is 5.10 Å². The third-order valence-corrected chi connectivity index (χ3v) is 5.12. The van der Waals surface area contributed by atoms with Gasteiger partial charge in [0.25, 0.3) is 11.5 Å². The minimum atomic E-state index is -0.835. The SMILES string of the molecule is CCC1CCCCN1C(=O)C(C)OC(=O)Cc1n[nH]c(=O)c2ccccc12. The maximum Gasteiger partial charge on any atom is 0.312 e. The number of hydrogen-bond donors (Lipinski definition) is 1. The Hall–Kier alpha value is -2.70. The molecule has 2 atom stereocenters. The van der Waals surface area contributed by atoms with Crippen LogP contribution in [-0.4, -0.2) is 45.7 Å². The highest BCUT2D eigenvalue weighted by atomic mass is 16.5. The van der Waals surface area contributed by atoms with Crippen molar-refractivity contribution in [3.05, 3.63) is 40.3 Å². The van der Waals surface area contributed by atoms with Crippen molar-refractivity contribution in [1.29, 1.82) is 0 Å². The Kier molecular flexibility index (Phi) is 5.88. The van der Waals surface area contributed by atoms with Gasteiger partial charge in [0.15, 0.2) is 6.10 Å². The number of esters is 1. The highest BCUT2D eigenvalue weighted by molar-refractivity contribution is 5.88. The molecule has 27 heavy (non-hydrogen) atoms. The first kappa shape index (κ1) is 19.1. The smallest absolute Gasteiger partial charge is 0.312 e. The first-order valence-corrected chi connectivity index (χ1v) is 9.47. The Balaban J connectivity index is 1.68. The molecule has 1 saturated heterocycles. The molecule has 0 bridgehead atoms. The third-order valence-electron chi connectivity index (χ3n) is 5.12. The molecule has 144 valence electrons. The van der Waals surface area contributed by atoms with E-state index in [4.69, 9.17) is 4.74 Å². The number of likely N-dealkylation sites (tertiary alicyclic amines) is 1. The van der Waals surface area contributed by atoms with Gasteiger partial charge in [-0.15, -0.1) is 0 Å². The lowest BCUT2D eigenvalue weighted by Gasteiger charge is -2.36. The molecule has 1 N–H and O–H groups in total. The van der Waals surface area contributed by atoms with Crippen molar-refractivity contribution in [2.45, 2.75) is 58.1 Å². The van der Waals surface area contributed by atoms with Crippen molar-refractivity contribution in [3.63, 3.8) is 0 Å². The second-order valence-corrected chi connectivity index (χ2v) is 6.94. The molecule has 2 unspecified atom stereocenters. The second kappa shape index (κ2) is 8.33. The van der Waals surface area contributed by atoms with Crippen LogP contribution in [0.25, 0.3) is 10.8 Å². The van der Waals surface area contributed by atoms with Crippen LogP contribution in [-0.2, 0) is 20.7 Å².